The van der Waals surface area contributed by atoms with Crippen molar-refractivity contribution in [2.45, 2.75) is 76.3 Å². The van der Waals surface area contributed by atoms with Crippen molar-refractivity contribution < 1.29 is 0 Å². The fourth-order valence-corrected chi connectivity index (χ4v) is 8.33. The summed E-state index contributed by atoms with van der Waals surface area (Å²) in [5.41, 5.74) is 0. The standard InChI is InChI=1S/C20H38N2S/c1-5-17-23(18-6-2,21(3)19-13-9-7-10-14-19)22(4)20-15-11-8-12-16-20/h5-6,19-20H,1-2,7-18H2,3-4H3. The fourth-order valence-electron chi connectivity index (χ4n) is 4.56. The molecule has 0 bridgehead atoms. The average molecular weight is 339 g/mol. The van der Waals surface area contributed by atoms with E-state index in [9.17, 15) is 0 Å². The summed E-state index contributed by atoms with van der Waals surface area (Å²) in [6, 6.07) is 1.51. The molecule has 2 nitrogen and oxygen atoms in total. The molecule has 0 amide bonds. The summed E-state index contributed by atoms with van der Waals surface area (Å²) >= 11 is 0. The Morgan fingerprint density at radius 1 is 0.739 bits per heavy atom. The Bertz CT molecular complexity index is 334. The van der Waals surface area contributed by atoms with Gasteiger partial charge in [-0.25, -0.2) is 0 Å². The second kappa shape index (κ2) is 9.29. The molecule has 0 N–H and O–H groups in total. The molecule has 0 saturated heterocycles. The third-order valence-corrected chi connectivity index (χ3v) is 10.3. The van der Waals surface area contributed by atoms with Crippen LogP contribution in [0.1, 0.15) is 64.2 Å². The van der Waals surface area contributed by atoms with Gasteiger partial charge in [-0.2, -0.15) is 0 Å². The van der Waals surface area contributed by atoms with Crippen LogP contribution in [0.4, 0.5) is 0 Å². The van der Waals surface area contributed by atoms with E-state index in [2.05, 4.69) is 48.0 Å². The van der Waals surface area contributed by atoms with Gasteiger partial charge < -0.3 is 0 Å². The largest absolute Gasteiger partial charge is 0.256 e. The highest BCUT2D eigenvalue weighted by Crippen LogP contribution is 2.57. The maximum absolute atomic E-state index is 4.12. The Labute approximate surface area is 146 Å². The fraction of sp³-hybridized carbons (Fsp3) is 0.800. The number of nitrogens with zero attached hydrogens (tertiary/aromatic N) is 2. The smallest absolute Gasteiger partial charge is 0.0198 e. The van der Waals surface area contributed by atoms with Crippen molar-refractivity contribution in [1.82, 2.24) is 8.61 Å². The van der Waals surface area contributed by atoms with Gasteiger partial charge in [0.15, 0.2) is 0 Å². The van der Waals surface area contributed by atoms with Crippen molar-refractivity contribution in [2.24, 2.45) is 0 Å². The van der Waals surface area contributed by atoms with Gasteiger partial charge in [-0.15, -0.1) is 23.6 Å². The monoisotopic (exact) mass is 338 g/mol. The minimum atomic E-state index is -1.02. The second-order valence-electron chi connectivity index (χ2n) is 7.39. The summed E-state index contributed by atoms with van der Waals surface area (Å²) in [6.07, 6.45) is 18.3. The zero-order valence-corrected chi connectivity index (χ0v) is 16.3. The Hall–Kier alpha value is -0.250. The van der Waals surface area contributed by atoms with Crippen LogP contribution in [0.2, 0.25) is 0 Å². The molecule has 2 fully saturated rings. The van der Waals surface area contributed by atoms with Gasteiger partial charge in [-0.05, 0) is 39.8 Å². The van der Waals surface area contributed by atoms with Crippen molar-refractivity contribution in [1.29, 1.82) is 0 Å². The lowest BCUT2D eigenvalue weighted by molar-refractivity contribution is 0.258. The molecule has 0 aromatic carbocycles. The van der Waals surface area contributed by atoms with E-state index in [0.29, 0.717) is 0 Å². The van der Waals surface area contributed by atoms with Gasteiger partial charge in [0, 0.05) is 23.6 Å². The first-order valence-corrected chi connectivity index (χ1v) is 11.5. The van der Waals surface area contributed by atoms with E-state index in [0.717, 1.165) is 23.6 Å². The van der Waals surface area contributed by atoms with Crippen molar-refractivity contribution in [3.8, 4) is 0 Å². The van der Waals surface area contributed by atoms with Crippen LogP contribution in [0.5, 0.6) is 0 Å². The number of hydrogen-bond donors (Lipinski definition) is 0. The van der Waals surface area contributed by atoms with Crippen LogP contribution in [0.3, 0.4) is 0 Å². The third kappa shape index (κ3) is 4.43. The molecule has 0 aromatic rings. The molecule has 0 unspecified atom stereocenters. The molecule has 2 aliphatic carbocycles. The molecule has 23 heavy (non-hydrogen) atoms. The molecular weight excluding hydrogens is 300 g/mol. The molecule has 2 saturated carbocycles. The number of rotatable bonds is 8. The van der Waals surface area contributed by atoms with E-state index < -0.39 is 10.4 Å². The van der Waals surface area contributed by atoms with Crippen LogP contribution in [0, 0.1) is 0 Å². The molecule has 134 valence electrons. The lowest BCUT2D eigenvalue weighted by Gasteiger charge is -2.58. The van der Waals surface area contributed by atoms with Gasteiger partial charge in [0.25, 0.3) is 0 Å². The zero-order valence-electron chi connectivity index (χ0n) is 15.5. The summed E-state index contributed by atoms with van der Waals surface area (Å²) in [5.74, 6) is 2.22. The normalized spacial score (nSPS) is 22.4. The third-order valence-electron chi connectivity index (χ3n) is 6.02. The minimum absolute atomic E-state index is 0.754. The first-order chi connectivity index (χ1) is 11.2. The SMILES string of the molecule is C=CCS(CC=C)(N(C)C1CCCCC1)N(C)C1CCCCC1. The van der Waals surface area contributed by atoms with Crippen LogP contribution in [-0.2, 0) is 0 Å². The summed E-state index contributed by atoms with van der Waals surface area (Å²) in [4.78, 5) is 0. The highest BCUT2D eigenvalue weighted by molar-refractivity contribution is 8.30. The first-order valence-electron chi connectivity index (χ1n) is 9.62. The maximum atomic E-state index is 4.12. The van der Waals surface area contributed by atoms with Crippen LogP contribution in [0.25, 0.3) is 0 Å². The molecule has 0 heterocycles. The Kier molecular flexibility index (Phi) is 7.71. The highest BCUT2D eigenvalue weighted by Gasteiger charge is 2.38. The van der Waals surface area contributed by atoms with E-state index in [1.807, 2.05) is 0 Å². The minimum Gasteiger partial charge on any atom is -0.256 e. The van der Waals surface area contributed by atoms with E-state index in [4.69, 9.17) is 0 Å². The van der Waals surface area contributed by atoms with E-state index >= 15 is 0 Å². The Balaban J connectivity index is 2.24. The molecule has 0 radical (unpaired) electrons. The van der Waals surface area contributed by atoms with Crippen molar-refractivity contribution in [3.05, 3.63) is 25.3 Å². The van der Waals surface area contributed by atoms with E-state index in [1.165, 1.54) is 64.2 Å². The van der Waals surface area contributed by atoms with E-state index in [-0.39, 0.29) is 0 Å². The molecule has 2 aliphatic rings. The Morgan fingerprint density at radius 3 is 1.39 bits per heavy atom. The molecule has 3 heteroatoms. The first kappa shape index (κ1) is 19.1. The second-order valence-corrected chi connectivity index (χ2v) is 10.8. The predicted molar refractivity (Wildman–Crippen MR) is 107 cm³/mol. The van der Waals surface area contributed by atoms with E-state index in [1.54, 1.807) is 0 Å². The average Bonchev–Trinajstić information content (AvgIpc) is 2.61. The Morgan fingerprint density at radius 2 is 1.09 bits per heavy atom. The summed E-state index contributed by atoms with van der Waals surface area (Å²) in [6.45, 7) is 8.23. The summed E-state index contributed by atoms with van der Waals surface area (Å²) < 4.78 is 5.56. The van der Waals surface area contributed by atoms with Crippen molar-refractivity contribution in [2.75, 3.05) is 25.6 Å². The van der Waals surface area contributed by atoms with Crippen molar-refractivity contribution in [3.63, 3.8) is 0 Å². The zero-order chi connectivity index (χ0) is 16.7. The predicted octanol–water partition coefficient (Wildman–Crippen LogP) is 5.52. The van der Waals surface area contributed by atoms with Gasteiger partial charge in [0.2, 0.25) is 0 Å². The van der Waals surface area contributed by atoms with Gasteiger partial charge in [0.1, 0.15) is 0 Å². The van der Waals surface area contributed by atoms with Gasteiger partial charge in [-0.3, -0.25) is 8.61 Å². The van der Waals surface area contributed by atoms with Crippen LogP contribution < -0.4 is 0 Å². The molecule has 0 atom stereocenters. The summed E-state index contributed by atoms with van der Waals surface area (Å²) in [7, 11) is 3.78. The topological polar surface area (TPSA) is 6.48 Å². The molecular formula is C20H38N2S. The van der Waals surface area contributed by atoms with Crippen molar-refractivity contribution >= 4 is 10.4 Å². The molecule has 0 spiro atoms. The molecule has 2 rings (SSSR count). The van der Waals surface area contributed by atoms with Crippen LogP contribution in [-0.4, -0.2) is 46.3 Å². The number of hydrogen-bond acceptors (Lipinski definition) is 2. The quantitative estimate of drug-likeness (QED) is 0.537. The lowest BCUT2D eigenvalue weighted by atomic mass is 9.96. The van der Waals surface area contributed by atoms with Gasteiger partial charge in [-0.1, -0.05) is 50.7 Å². The summed E-state index contributed by atoms with van der Waals surface area (Å²) in [5, 5.41) is 0. The van der Waals surface area contributed by atoms with Gasteiger partial charge in [0.05, 0.1) is 0 Å². The van der Waals surface area contributed by atoms with Crippen LogP contribution >= 0.6 is 10.4 Å². The van der Waals surface area contributed by atoms with Gasteiger partial charge >= 0.3 is 0 Å². The lowest BCUT2D eigenvalue weighted by Crippen LogP contribution is -2.48. The molecule has 0 aromatic heterocycles. The maximum Gasteiger partial charge on any atom is 0.0198 e. The highest BCUT2D eigenvalue weighted by atomic mass is 32.3. The molecule has 0 aliphatic heterocycles. The van der Waals surface area contributed by atoms with Crippen LogP contribution in [0.15, 0.2) is 25.3 Å².